The predicted molar refractivity (Wildman–Crippen MR) is 79.7 cm³/mol. The van der Waals surface area contributed by atoms with Crippen LogP contribution in [0.1, 0.15) is 27.2 Å². The molecule has 1 aliphatic heterocycles. The van der Waals surface area contributed by atoms with Crippen molar-refractivity contribution in [2.24, 2.45) is 0 Å². The van der Waals surface area contributed by atoms with Gasteiger partial charge < -0.3 is 15.0 Å². The molecule has 6 nitrogen and oxygen atoms in total. The van der Waals surface area contributed by atoms with Crippen LogP contribution in [0.25, 0.3) is 0 Å². The number of nitrogens with one attached hydrogen (secondary N) is 1. The first-order chi connectivity index (χ1) is 9.33. The Kier molecular flexibility index (Phi) is 4.47. The molecular weight excluding hydrogens is 324 g/mol. The second-order valence-electron chi connectivity index (χ2n) is 5.78. The van der Waals surface area contributed by atoms with Crippen molar-refractivity contribution in [1.29, 1.82) is 0 Å². The molecule has 1 saturated heterocycles. The van der Waals surface area contributed by atoms with E-state index in [1.165, 1.54) is 0 Å². The van der Waals surface area contributed by atoms with E-state index >= 15 is 0 Å². The maximum Gasteiger partial charge on any atom is 0.407 e. The molecule has 0 aromatic carbocycles. The van der Waals surface area contributed by atoms with Crippen molar-refractivity contribution in [3.8, 4) is 0 Å². The molecule has 0 saturated carbocycles. The van der Waals surface area contributed by atoms with Crippen LogP contribution in [0.3, 0.4) is 0 Å². The number of hydrogen-bond donors (Lipinski definition) is 1. The average molecular weight is 343 g/mol. The second kappa shape index (κ2) is 5.95. The summed E-state index contributed by atoms with van der Waals surface area (Å²) in [6.45, 7) is 7.12. The molecular formula is C13H19BrN4O2. The normalized spacial score (nSPS) is 19.0. The number of ether oxygens (including phenoxy) is 1. The van der Waals surface area contributed by atoms with Crippen molar-refractivity contribution in [3.63, 3.8) is 0 Å². The fourth-order valence-corrected chi connectivity index (χ4v) is 2.23. The van der Waals surface area contributed by atoms with Gasteiger partial charge in [-0.2, -0.15) is 0 Å². The lowest BCUT2D eigenvalue weighted by Crippen LogP contribution is -2.40. The van der Waals surface area contributed by atoms with Crippen LogP contribution >= 0.6 is 15.9 Å². The van der Waals surface area contributed by atoms with Gasteiger partial charge in [0.15, 0.2) is 0 Å². The minimum Gasteiger partial charge on any atom is -0.444 e. The molecule has 2 heterocycles. The maximum absolute atomic E-state index is 11.7. The highest BCUT2D eigenvalue weighted by molar-refractivity contribution is 9.10. The zero-order chi connectivity index (χ0) is 14.8. The van der Waals surface area contributed by atoms with Gasteiger partial charge >= 0.3 is 6.09 Å². The van der Waals surface area contributed by atoms with Gasteiger partial charge in [-0.15, -0.1) is 0 Å². The highest BCUT2D eigenvalue weighted by Gasteiger charge is 2.26. The summed E-state index contributed by atoms with van der Waals surface area (Å²) in [4.78, 5) is 22.3. The molecule has 1 atom stereocenters. The standard InChI is InChI=1S/C13H19BrN4O2/c1-13(2,3)20-12(19)17-9-4-5-18(8-9)11-7-15-10(14)6-16-11/h6-7,9H,4-5,8H2,1-3H3,(H,17,19). The van der Waals surface area contributed by atoms with Gasteiger partial charge in [0.25, 0.3) is 0 Å². The molecule has 1 aliphatic rings. The van der Waals surface area contributed by atoms with Crippen LogP contribution in [0.4, 0.5) is 10.6 Å². The zero-order valence-corrected chi connectivity index (χ0v) is 13.5. The van der Waals surface area contributed by atoms with E-state index < -0.39 is 5.60 Å². The molecule has 7 heteroatoms. The molecule has 1 fully saturated rings. The third kappa shape index (κ3) is 4.33. The van der Waals surface area contributed by atoms with Gasteiger partial charge in [0, 0.05) is 13.1 Å². The van der Waals surface area contributed by atoms with Crippen LogP contribution in [0.5, 0.6) is 0 Å². The van der Waals surface area contributed by atoms with Gasteiger partial charge in [-0.05, 0) is 43.1 Å². The van der Waals surface area contributed by atoms with Crippen LogP contribution in [0.2, 0.25) is 0 Å². The van der Waals surface area contributed by atoms with E-state index in [0.717, 1.165) is 25.3 Å². The van der Waals surface area contributed by atoms with Crippen LogP contribution < -0.4 is 10.2 Å². The second-order valence-corrected chi connectivity index (χ2v) is 6.59. The lowest BCUT2D eigenvalue weighted by Gasteiger charge is -2.22. The quantitative estimate of drug-likeness (QED) is 0.893. The predicted octanol–water partition coefficient (Wildman–Crippen LogP) is 2.34. The van der Waals surface area contributed by atoms with E-state index in [0.29, 0.717) is 4.60 Å². The summed E-state index contributed by atoms with van der Waals surface area (Å²) in [6.07, 6.45) is 3.90. The Morgan fingerprint density at radius 3 is 2.80 bits per heavy atom. The Bertz CT molecular complexity index is 472. The van der Waals surface area contributed by atoms with Crippen molar-refractivity contribution in [2.75, 3.05) is 18.0 Å². The minimum atomic E-state index is -0.473. The Hall–Kier alpha value is -1.37. The lowest BCUT2D eigenvalue weighted by atomic mass is 10.2. The number of alkyl carbamates (subject to hydrolysis) is 1. The Labute approximate surface area is 127 Å². The third-order valence-corrected chi connectivity index (χ3v) is 3.25. The Balaban J connectivity index is 1.86. The molecule has 2 rings (SSSR count). The molecule has 20 heavy (non-hydrogen) atoms. The molecule has 1 unspecified atom stereocenters. The molecule has 1 aromatic heterocycles. The Morgan fingerprint density at radius 1 is 1.45 bits per heavy atom. The summed E-state index contributed by atoms with van der Waals surface area (Å²) >= 11 is 3.26. The summed E-state index contributed by atoms with van der Waals surface area (Å²) in [6, 6.07) is 0.0790. The largest absolute Gasteiger partial charge is 0.444 e. The summed E-state index contributed by atoms with van der Waals surface area (Å²) in [5.41, 5.74) is -0.473. The zero-order valence-electron chi connectivity index (χ0n) is 11.9. The fourth-order valence-electron chi connectivity index (χ4n) is 2.03. The number of carbonyl (C=O) groups excluding carboxylic acids is 1. The van der Waals surface area contributed by atoms with E-state index in [1.54, 1.807) is 12.4 Å². The van der Waals surface area contributed by atoms with E-state index in [2.05, 4.69) is 36.1 Å². The average Bonchev–Trinajstić information content (AvgIpc) is 2.75. The van der Waals surface area contributed by atoms with Gasteiger partial charge in [-0.1, -0.05) is 0 Å². The maximum atomic E-state index is 11.7. The van der Waals surface area contributed by atoms with Gasteiger partial charge in [-0.25, -0.2) is 14.8 Å². The van der Waals surface area contributed by atoms with E-state index in [1.807, 2.05) is 20.8 Å². The topological polar surface area (TPSA) is 67.3 Å². The van der Waals surface area contributed by atoms with E-state index in [4.69, 9.17) is 4.74 Å². The number of anilines is 1. The Morgan fingerprint density at radius 2 is 2.20 bits per heavy atom. The van der Waals surface area contributed by atoms with Crippen molar-refractivity contribution >= 4 is 27.8 Å². The number of halogens is 1. The lowest BCUT2D eigenvalue weighted by molar-refractivity contribution is 0.0509. The molecule has 1 aromatic rings. The van der Waals surface area contributed by atoms with Crippen molar-refractivity contribution in [1.82, 2.24) is 15.3 Å². The highest BCUT2D eigenvalue weighted by atomic mass is 79.9. The first kappa shape index (κ1) is 15.0. The SMILES string of the molecule is CC(C)(C)OC(=O)NC1CCN(c2cnc(Br)cn2)C1. The molecule has 0 aliphatic carbocycles. The number of amides is 1. The van der Waals surface area contributed by atoms with Crippen LogP contribution in [-0.2, 0) is 4.74 Å². The molecule has 1 amide bonds. The minimum absolute atomic E-state index is 0.0790. The van der Waals surface area contributed by atoms with Crippen molar-refractivity contribution in [2.45, 2.75) is 38.8 Å². The van der Waals surface area contributed by atoms with Gasteiger partial charge in [0.1, 0.15) is 16.0 Å². The number of hydrogen-bond acceptors (Lipinski definition) is 5. The third-order valence-electron chi connectivity index (χ3n) is 2.84. The van der Waals surface area contributed by atoms with Gasteiger partial charge in [-0.3, -0.25) is 0 Å². The van der Waals surface area contributed by atoms with Gasteiger partial charge in [0.05, 0.1) is 18.4 Å². The van der Waals surface area contributed by atoms with Crippen molar-refractivity contribution < 1.29 is 9.53 Å². The number of nitrogens with zero attached hydrogens (tertiary/aromatic N) is 3. The first-order valence-corrected chi connectivity index (χ1v) is 7.35. The molecule has 110 valence electrons. The van der Waals surface area contributed by atoms with Crippen molar-refractivity contribution in [3.05, 3.63) is 17.0 Å². The molecule has 0 spiro atoms. The molecule has 0 bridgehead atoms. The number of rotatable bonds is 2. The monoisotopic (exact) mass is 342 g/mol. The number of aromatic nitrogens is 2. The first-order valence-electron chi connectivity index (χ1n) is 6.55. The fraction of sp³-hybridized carbons (Fsp3) is 0.615. The molecule has 0 radical (unpaired) electrons. The summed E-state index contributed by atoms with van der Waals surface area (Å²) in [7, 11) is 0. The number of carbonyl (C=O) groups is 1. The van der Waals surface area contributed by atoms with Crippen LogP contribution in [0, 0.1) is 0 Å². The van der Waals surface area contributed by atoms with Crippen LogP contribution in [-0.4, -0.2) is 40.8 Å². The summed E-state index contributed by atoms with van der Waals surface area (Å²) in [5.74, 6) is 0.821. The van der Waals surface area contributed by atoms with E-state index in [9.17, 15) is 4.79 Å². The van der Waals surface area contributed by atoms with Crippen LogP contribution in [0.15, 0.2) is 17.0 Å². The summed E-state index contributed by atoms with van der Waals surface area (Å²) in [5, 5.41) is 2.89. The van der Waals surface area contributed by atoms with E-state index in [-0.39, 0.29) is 12.1 Å². The van der Waals surface area contributed by atoms with Gasteiger partial charge in [0.2, 0.25) is 0 Å². The summed E-state index contributed by atoms with van der Waals surface area (Å²) < 4.78 is 5.97. The molecule has 1 N–H and O–H groups in total. The smallest absolute Gasteiger partial charge is 0.407 e. The highest BCUT2D eigenvalue weighted by Crippen LogP contribution is 2.18.